The van der Waals surface area contributed by atoms with E-state index in [1.165, 1.54) is 11.3 Å². The summed E-state index contributed by atoms with van der Waals surface area (Å²) in [6, 6.07) is 11.2. The maximum atomic E-state index is 11.9. The number of aromatic nitrogens is 3. The number of nitrogens with one attached hydrogen (secondary N) is 1. The lowest BCUT2D eigenvalue weighted by Crippen LogP contribution is -2.54. The first-order valence-corrected chi connectivity index (χ1v) is 10.6. The van der Waals surface area contributed by atoms with Crippen molar-refractivity contribution < 1.29 is 8.78 Å². The van der Waals surface area contributed by atoms with Crippen LogP contribution in [0.15, 0.2) is 54.9 Å². The molecule has 1 unspecified atom stereocenters. The number of H-pyrrole nitrogens is 1. The minimum Gasteiger partial charge on any atom is -0.326 e. The molecule has 2 aliphatic rings. The van der Waals surface area contributed by atoms with E-state index in [1.807, 2.05) is 18.5 Å². The van der Waals surface area contributed by atoms with Gasteiger partial charge < -0.3 is 5.73 Å². The molecule has 0 radical (unpaired) electrons. The van der Waals surface area contributed by atoms with Gasteiger partial charge in [-0.1, -0.05) is 6.07 Å². The molecule has 0 spiro atoms. The van der Waals surface area contributed by atoms with Gasteiger partial charge in [0.05, 0.1) is 11.9 Å². The molecule has 6 nitrogen and oxygen atoms in total. The molecule has 3 N–H and O–H groups in total. The van der Waals surface area contributed by atoms with Crippen molar-refractivity contribution in [3.63, 3.8) is 0 Å². The third-order valence-corrected chi connectivity index (χ3v) is 5.81. The SMILES string of the molecule is Fc1ccc(F)cc1.N[C@H]1CC(N2Cc3cn[nH]c3C2)CN(CCc2ccccn2)C1. The lowest BCUT2D eigenvalue weighted by atomic mass is 10.00. The van der Waals surface area contributed by atoms with Gasteiger partial charge in [-0.15, -0.1) is 0 Å². The zero-order valence-electron chi connectivity index (χ0n) is 17.4. The van der Waals surface area contributed by atoms with Crippen molar-refractivity contribution in [2.75, 3.05) is 19.6 Å². The van der Waals surface area contributed by atoms with Gasteiger partial charge in [0, 0.05) is 68.7 Å². The van der Waals surface area contributed by atoms with Gasteiger partial charge in [-0.25, -0.2) is 8.78 Å². The van der Waals surface area contributed by atoms with Crippen LogP contribution < -0.4 is 5.73 Å². The van der Waals surface area contributed by atoms with Crippen LogP contribution in [-0.4, -0.2) is 56.7 Å². The molecular formula is C23H28F2N6. The first-order chi connectivity index (χ1) is 15.1. The second-order valence-corrected chi connectivity index (χ2v) is 8.20. The van der Waals surface area contributed by atoms with Crippen LogP contribution in [0.5, 0.6) is 0 Å². The van der Waals surface area contributed by atoms with Crippen LogP contribution >= 0.6 is 0 Å². The third kappa shape index (κ3) is 5.94. The zero-order valence-corrected chi connectivity index (χ0v) is 17.4. The molecule has 5 rings (SSSR count). The fourth-order valence-corrected chi connectivity index (χ4v) is 4.25. The van der Waals surface area contributed by atoms with Crippen LogP contribution in [-0.2, 0) is 19.5 Å². The summed E-state index contributed by atoms with van der Waals surface area (Å²) in [6.45, 7) is 5.09. The summed E-state index contributed by atoms with van der Waals surface area (Å²) in [6.07, 6.45) is 5.89. The van der Waals surface area contributed by atoms with Crippen LogP contribution in [0, 0.1) is 11.6 Å². The molecule has 8 heteroatoms. The molecule has 4 heterocycles. The van der Waals surface area contributed by atoms with Crippen molar-refractivity contribution in [2.45, 2.75) is 38.0 Å². The Morgan fingerprint density at radius 2 is 1.81 bits per heavy atom. The maximum Gasteiger partial charge on any atom is 0.123 e. The third-order valence-electron chi connectivity index (χ3n) is 5.81. The number of likely N-dealkylation sites (tertiary alicyclic amines) is 1. The van der Waals surface area contributed by atoms with Crippen LogP contribution in [0.3, 0.4) is 0 Å². The molecule has 1 saturated heterocycles. The van der Waals surface area contributed by atoms with E-state index in [-0.39, 0.29) is 6.04 Å². The molecule has 0 amide bonds. The molecule has 31 heavy (non-hydrogen) atoms. The molecule has 164 valence electrons. The molecule has 1 fully saturated rings. The summed E-state index contributed by atoms with van der Waals surface area (Å²) in [7, 11) is 0. The average Bonchev–Trinajstić information content (AvgIpc) is 3.38. The Hall–Kier alpha value is -2.68. The first kappa shape index (κ1) is 21.5. The van der Waals surface area contributed by atoms with Gasteiger partial charge in [-0.3, -0.25) is 19.9 Å². The largest absolute Gasteiger partial charge is 0.326 e. The van der Waals surface area contributed by atoms with Crippen LogP contribution in [0.2, 0.25) is 0 Å². The predicted octanol–water partition coefficient (Wildman–Crippen LogP) is 2.73. The highest BCUT2D eigenvalue weighted by molar-refractivity contribution is 5.21. The Morgan fingerprint density at radius 1 is 1.03 bits per heavy atom. The molecular weight excluding hydrogens is 398 g/mol. The zero-order chi connectivity index (χ0) is 21.6. The van der Waals surface area contributed by atoms with E-state index in [4.69, 9.17) is 5.73 Å². The second kappa shape index (κ2) is 10.1. The quantitative estimate of drug-likeness (QED) is 0.671. The molecule has 0 bridgehead atoms. The Morgan fingerprint density at radius 3 is 2.48 bits per heavy atom. The minimum atomic E-state index is -0.411. The number of nitrogens with zero attached hydrogens (tertiary/aromatic N) is 4. The van der Waals surface area contributed by atoms with E-state index in [0.29, 0.717) is 6.04 Å². The Kier molecular flexibility index (Phi) is 7.01. The van der Waals surface area contributed by atoms with Crippen LogP contribution in [0.1, 0.15) is 23.4 Å². The van der Waals surface area contributed by atoms with Crippen molar-refractivity contribution in [3.8, 4) is 0 Å². The van der Waals surface area contributed by atoms with E-state index >= 15 is 0 Å². The lowest BCUT2D eigenvalue weighted by Gasteiger charge is -2.40. The summed E-state index contributed by atoms with van der Waals surface area (Å²) in [5.74, 6) is -0.821. The first-order valence-electron chi connectivity index (χ1n) is 10.6. The lowest BCUT2D eigenvalue weighted by molar-refractivity contribution is 0.0846. The van der Waals surface area contributed by atoms with Crippen molar-refractivity contribution in [2.24, 2.45) is 5.73 Å². The number of nitrogens with two attached hydrogens (primary N) is 1. The fourth-order valence-electron chi connectivity index (χ4n) is 4.25. The van der Waals surface area contributed by atoms with Gasteiger partial charge in [0.25, 0.3) is 0 Å². The standard InChI is InChI=1S/C17H24N6.C6H4F2/c18-14-7-16(23-9-13-8-20-21-17(13)12-23)11-22(10-14)6-4-15-3-1-2-5-19-15;7-5-1-2-6(8)4-3-5/h1-3,5,8,14,16H,4,6-7,9-12,18H2,(H,20,21);1-4H/t14-,16?;/m0./s1. The summed E-state index contributed by atoms with van der Waals surface area (Å²) in [4.78, 5) is 9.46. The molecule has 2 aromatic heterocycles. The summed E-state index contributed by atoms with van der Waals surface area (Å²) >= 11 is 0. The summed E-state index contributed by atoms with van der Waals surface area (Å²) in [5.41, 5.74) is 10.1. The number of hydrogen-bond acceptors (Lipinski definition) is 5. The number of halogens is 2. The van der Waals surface area contributed by atoms with E-state index in [9.17, 15) is 8.78 Å². The summed E-state index contributed by atoms with van der Waals surface area (Å²) in [5, 5.41) is 7.23. The smallest absolute Gasteiger partial charge is 0.123 e. The average molecular weight is 427 g/mol. The Bertz CT molecular complexity index is 905. The Labute approximate surface area is 181 Å². The highest BCUT2D eigenvalue weighted by atomic mass is 19.1. The van der Waals surface area contributed by atoms with E-state index in [2.05, 4.69) is 37.1 Å². The van der Waals surface area contributed by atoms with E-state index in [0.717, 1.165) is 75.5 Å². The predicted molar refractivity (Wildman–Crippen MR) is 115 cm³/mol. The van der Waals surface area contributed by atoms with Crippen molar-refractivity contribution in [3.05, 3.63) is 83.4 Å². The number of benzene rings is 1. The molecule has 3 aromatic rings. The van der Waals surface area contributed by atoms with E-state index in [1.54, 1.807) is 0 Å². The van der Waals surface area contributed by atoms with Gasteiger partial charge in [0.15, 0.2) is 0 Å². The maximum absolute atomic E-state index is 11.9. The van der Waals surface area contributed by atoms with Gasteiger partial charge in [-0.2, -0.15) is 5.10 Å². The van der Waals surface area contributed by atoms with Gasteiger partial charge in [-0.05, 0) is 42.8 Å². The Balaban J connectivity index is 0.000000245. The topological polar surface area (TPSA) is 74.1 Å². The number of fused-ring (bicyclic) bond motifs is 1. The minimum absolute atomic E-state index is 0.259. The number of aromatic amines is 1. The van der Waals surface area contributed by atoms with Gasteiger partial charge in [0.2, 0.25) is 0 Å². The van der Waals surface area contributed by atoms with Crippen molar-refractivity contribution in [1.29, 1.82) is 0 Å². The molecule has 1 aromatic carbocycles. The molecule has 0 saturated carbocycles. The number of rotatable bonds is 4. The highest BCUT2D eigenvalue weighted by Crippen LogP contribution is 2.26. The fraction of sp³-hybridized carbons (Fsp3) is 0.391. The number of pyridine rings is 1. The van der Waals surface area contributed by atoms with Gasteiger partial charge in [0.1, 0.15) is 11.6 Å². The van der Waals surface area contributed by atoms with Crippen LogP contribution in [0.25, 0.3) is 0 Å². The summed E-state index contributed by atoms with van der Waals surface area (Å²) < 4.78 is 23.8. The second-order valence-electron chi connectivity index (χ2n) is 8.20. The normalized spacial score (nSPS) is 21.4. The molecule has 2 atom stereocenters. The van der Waals surface area contributed by atoms with Gasteiger partial charge >= 0.3 is 0 Å². The highest BCUT2D eigenvalue weighted by Gasteiger charge is 2.33. The number of piperidine rings is 1. The molecule has 2 aliphatic heterocycles. The van der Waals surface area contributed by atoms with Crippen molar-refractivity contribution >= 4 is 0 Å². The van der Waals surface area contributed by atoms with E-state index < -0.39 is 11.6 Å². The van der Waals surface area contributed by atoms with Crippen LogP contribution in [0.4, 0.5) is 8.78 Å². The molecule has 0 aliphatic carbocycles. The monoisotopic (exact) mass is 426 g/mol. The number of hydrogen-bond donors (Lipinski definition) is 2. The van der Waals surface area contributed by atoms with Crippen molar-refractivity contribution in [1.82, 2.24) is 25.0 Å².